The summed E-state index contributed by atoms with van der Waals surface area (Å²) >= 11 is 0. The van der Waals surface area contributed by atoms with Crippen molar-refractivity contribution in [2.45, 2.75) is 18.9 Å². The molecular weight excluding hydrogens is 361 g/mol. The van der Waals surface area contributed by atoms with Crippen LogP contribution in [0.2, 0.25) is 0 Å². The Morgan fingerprint density at radius 2 is 2.08 bits per heavy atom. The maximum absolute atomic E-state index is 12.1. The Hall–Kier alpha value is -0.850. The fourth-order valence-corrected chi connectivity index (χ4v) is 3.32. The van der Waals surface area contributed by atoms with Gasteiger partial charge in [-0.25, -0.2) is 0 Å². The van der Waals surface area contributed by atoms with Gasteiger partial charge in [-0.2, -0.15) is 0 Å². The zero-order chi connectivity index (χ0) is 15.9. The zero-order valence-electron chi connectivity index (χ0n) is 14.5. The lowest BCUT2D eigenvalue weighted by molar-refractivity contribution is -0.126. The summed E-state index contributed by atoms with van der Waals surface area (Å²) in [6.07, 6.45) is 2.27. The van der Waals surface area contributed by atoms with Crippen LogP contribution in [0.1, 0.15) is 12.0 Å². The van der Waals surface area contributed by atoms with E-state index in [1.807, 2.05) is 0 Å². The highest BCUT2D eigenvalue weighted by Crippen LogP contribution is 2.16. The van der Waals surface area contributed by atoms with Gasteiger partial charge in [-0.05, 0) is 30.9 Å². The summed E-state index contributed by atoms with van der Waals surface area (Å²) in [4.78, 5) is 14.6. The molecule has 2 heterocycles. The van der Waals surface area contributed by atoms with Crippen LogP contribution in [0.4, 0.5) is 0 Å². The topological polar surface area (TPSA) is 53.6 Å². The van der Waals surface area contributed by atoms with Crippen molar-refractivity contribution in [3.8, 4) is 0 Å². The quantitative estimate of drug-likeness (QED) is 0.773. The van der Waals surface area contributed by atoms with E-state index in [1.54, 1.807) is 0 Å². The molecular formula is C18H29Cl2N3O2. The number of carbonyl (C=O) groups excluding carboxylic acids is 1. The summed E-state index contributed by atoms with van der Waals surface area (Å²) in [7, 11) is 0. The van der Waals surface area contributed by atoms with Crippen molar-refractivity contribution in [1.29, 1.82) is 0 Å². The molecule has 0 aromatic heterocycles. The highest BCUT2D eigenvalue weighted by molar-refractivity contribution is 5.85. The Kier molecular flexibility index (Phi) is 10.4. The molecule has 0 bridgehead atoms. The van der Waals surface area contributed by atoms with Crippen LogP contribution in [0.15, 0.2) is 30.3 Å². The maximum Gasteiger partial charge on any atom is 0.239 e. The lowest BCUT2D eigenvalue weighted by Crippen LogP contribution is -2.52. The van der Waals surface area contributed by atoms with Crippen molar-refractivity contribution in [2.24, 2.45) is 5.92 Å². The molecule has 2 N–H and O–H groups in total. The number of amides is 1. The molecule has 0 aliphatic carbocycles. The summed E-state index contributed by atoms with van der Waals surface area (Å²) in [6, 6.07) is 10.4. The smallest absolute Gasteiger partial charge is 0.239 e. The van der Waals surface area contributed by atoms with Crippen LogP contribution in [0, 0.1) is 5.92 Å². The Bertz CT molecular complexity index is 498. The molecule has 0 saturated carbocycles. The summed E-state index contributed by atoms with van der Waals surface area (Å²) in [5.74, 6) is 0.645. The second-order valence-electron chi connectivity index (χ2n) is 6.52. The Morgan fingerprint density at radius 1 is 1.28 bits per heavy atom. The number of benzene rings is 1. The van der Waals surface area contributed by atoms with Gasteiger partial charge in [-0.15, -0.1) is 24.8 Å². The normalized spacial score (nSPS) is 23.4. The van der Waals surface area contributed by atoms with Crippen molar-refractivity contribution >= 4 is 30.7 Å². The van der Waals surface area contributed by atoms with Gasteiger partial charge >= 0.3 is 0 Å². The number of nitrogens with one attached hydrogen (secondary N) is 2. The van der Waals surface area contributed by atoms with Crippen LogP contribution in [0.25, 0.3) is 0 Å². The molecule has 2 aliphatic heterocycles. The number of morpholine rings is 1. The minimum atomic E-state index is -0.181. The first-order valence-corrected chi connectivity index (χ1v) is 8.66. The predicted octanol–water partition coefficient (Wildman–Crippen LogP) is 1.50. The maximum atomic E-state index is 12.1. The third-order valence-corrected chi connectivity index (χ3v) is 4.73. The summed E-state index contributed by atoms with van der Waals surface area (Å²) in [6.45, 7) is 6.04. The first-order valence-electron chi connectivity index (χ1n) is 8.66. The molecule has 2 saturated heterocycles. The van der Waals surface area contributed by atoms with Gasteiger partial charge in [0.1, 0.15) is 6.04 Å². The summed E-state index contributed by atoms with van der Waals surface area (Å²) in [5, 5.41) is 6.27. The van der Waals surface area contributed by atoms with Gasteiger partial charge in [0.05, 0.1) is 13.2 Å². The van der Waals surface area contributed by atoms with Crippen molar-refractivity contribution in [2.75, 3.05) is 45.9 Å². The van der Waals surface area contributed by atoms with E-state index in [1.165, 1.54) is 12.0 Å². The number of nitrogens with zero attached hydrogens (tertiary/aromatic N) is 1. The molecule has 1 amide bonds. The number of ether oxygens (including phenoxy) is 1. The first-order chi connectivity index (χ1) is 11.3. The Balaban J connectivity index is 0.00000156. The van der Waals surface area contributed by atoms with Gasteiger partial charge < -0.3 is 20.3 Å². The molecule has 2 fully saturated rings. The van der Waals surface area contributed by atoms with Crippen molar-refractivity contribution in [1.82, 2.24) is 15.5 Å². The van der Waals surface area contributed by atoms with Crippen LogP contribution < -0.4 is 10.6 Å². The van der Waals surface area contributed by atoms with Crippen molar-refractivity contribution in [3.63, 3.8) is 0 Å². The minimum absolute atomic E-state index is 0. The fraction of sp³-hybridized carbons (Fsp3) is 0.611. The Morgan fingerprint density at radius 3 is 2.80 bits per heavy atom. The zero-order valence-corrected chi connectivity index (χ0v) is 16.1. The lowest BCUT2D eigenvalue weighted by Gasteiger charge is -2.23. The van der Waals surface area contributed by atoms with Gasteiger partial charge in [0.25, 0.3) is 0 Å². The standard InChI is InChI=1S/C18H27N3O2.2ClH/c22-18(17-14-23-11-8-19-17)20-12-16-7-10-21(13-16)9-6-15-4-2-1-3-5-15;;/h1-5,16-17,19H,6-14H2,(H,20,22);2*1H. The molecule has 2 aliphatic rings. The average Bonchev–Trinajstić information content (AvgIpc) is 3.07. The first kappa shape index (κ1) is 22.2. The van der Waals surface area contributed by atoms with Crippen LogP contribution in [0.5, 0.6) is 0 Å². The van der Waals surface area contributed by atoms with Gasteiger partial charge in [0.2, 0.25) is 5.91 Å². The molecule has 2 atom stereocenters. The summed E-state index contributed by atoms with van der Waals surface area (Å²) < 4.78 is 5.33. The third-order valence-electron chi connectivity index (χ3n) is 4.73. The number of likely N-dealkylation sites (tertiary alicyclic amines) is 1. The molecule has 1 aromatic rings. The molecule has 0 spiro atoms. The molecule has 2 unspecified atom stereocenters. The second kappa shape index (κ2) is 11.7. The third kappa shape index (κ3) is 7.12. The number of rotatable bonds is 6. The van der Waals surface area contributed by atoms with Crippen molar-refractivity contribution < 1.29 is 9.53 Å². The predicted molar refractivity (Wildman–Crippen MR) is 105 cm³/mol. The van der Waals surface area contributed by atoms with E-state index in [9.17, 15) is 4.79 Å². The highest BCUT2D eigenvalue weighted by Gasteiger charge is 2.25. The van der Waals surface area contributed by atoms with E-state index in [4.69, 9.17) is 4.74 Å². The largest absolute Gasteiger partial charge is 0.378 e. The Labute approximate surface area is 162 Å². The molecule has 3 rings (SSSR count). The number of carbonyl (C=O) groups is 1. The van der Waals surface area contributed by atoms with Crippen molar-refractivity contribution in [3.05, 3.63) is 35.9 Å². The summed E-state index contributed by atoms with van der Waals surface area (Å²) in [5.41, 5.74) is 1.40. The van der Waals surface area contributed by atoms with Gasteiger partial charge in [0, 0.05) is 26.2 Å². The number of hydrogen-bond acceptors (Lipinski definition) is 4. The van der Waals surface area contributed by atoms with E-state index in [0.717, 1.165) is 39.1 Å². The minimum Gasteiger partial charge on any atom is -0.378 e. The molecule has 0 radical (unpaired) electrons. The van der Waals surface area contributed by atoms with E-state index in [2.05, 4.69) is 45.9 Å². The van der Waals surface area contributed by atoms with Gasteiger partial charge in [-0.3, -0.25) is 4.79 Å². The van der Waals surface area contributed by atoms with Crippen LogP contribution in [-0.2, 0) is 16.0 Å². The molecule has 5 nitrogen and oxygen atoms in total. The molecule has 142 valence electrons. The van der Waals surface area contributed by atoms with E-state index in [0.29, 0.717) is 19.1 Å². The van der Waals surface area contributed by atoms with Gasteiger partial charge in [0.15, 0.2) is 0 Å². The lowest BCUT2D eigenvalue weighted by atomic mass is 10.1. The molecule has 1 aromatic carbocycles. The number of halogens is 2. The average molecular weight is 390 g/mol. The van der Waals surface area contributed by atoms with Crippen LogP contribution in [0.3, 0.4) is 0 Å². The van der Waals surface area contributed by atoms with Crippen LogP contribution in [-0.4, -0.2) is 62.8 Å². The van der Waals surface area contributed by atoms with Gasteiger partial charge in [-0.1, -0.05) is 30.3 Å². The van der Waals surface area contributed by atoms with E-state index < -0.39 is 0 Å². The second-order valence-corrected chi connectivity index (χ2v) is 6.52. The van der Waals surface area contributed by atoms with E-state index >= 15 is 0 Å². The molecule has 7 heteroatoms. The SMILES string of the molecule is Cl.Cl.O=C(NCC1CCN(CCc2ccccc2)C1)C1COCCN1. The monoisotopic (exact) mass is 389 g/mol. The molecule has 25 heavy (non-hydrogen) atoms. The highest BCUT2D eigenvalue weighted by atomic mass is 35.5. The number of hydrogen-bond donors (Lipinski definition) is 2. The van der Waals surface area contributed by atoms with E-state index in [-0.39, 0.29) is 36.8 Å². The fourth-order valence-electron chi connectivity index (χ4n) is 3.32. The van der Waals surface area contributed by atoms with Crippen LogP contribution >= 0.6 is 24.8 Å².